The van der Waals surface area contributed by atoms with Gasteiger partial charge in [-0.15, -0.1) is 0 Å². The van der Waals surface area contributed by atoms with E-state index in [4.69, 9.17) is 14.6 Å². The Bertz CT molecular complexity index is 575. The number of unbranched alkanes of at least 4 members (excludes halogenated alkanes) is 2. The molecular formula is C12H19NO6S. The van der Waals surface area contributed by atoms with Crippen LogP contribution < -0.4 is 4.72 Å². The van der Waals surface area contributed by atoms with Crippen LogP contribution in [0.25, 0.3) is 0 Å². The summed E-state index contributed by atoms with van der Waals surface area (Å²) in [5.74, 6) is -1.21. The van der Waals surface area contributed by atoms with Gasteiger partial charge in [0.1, 0.15) is 22.0 Å². The van der Waals surface area contributed by atoms with Crippen molar-refractivity contribution in [2.24, 2.45) is 0 Å². The summed E-state index contributed by atoms with van der Waals surface area (Å²) in [6.07, 6.45) is 1.86. The SMILES string of the molecule is Cc1oc(C)c(S(=O)(=O)NCCCCCO)c1C(=O)O. The number of aryl methyl sites for hydroxylation is 2. The molecule has 0 radical (unpaired) electrons. The van der Waals surface area contributed by atoms with Crippen molar-refractivity contribution >= 4 is 16.0 Å². The van der Waals surface area contributed by atoms with Crippen LogP contribution in [0.5, 0.6) is 0 Å². The molecule has 8 heteroatoms. The van der Waals surface area contributed by atoms with E-state index >= 15 is 0 Å². The Morgan fingerprint density at radius 2 is 1.85 bits per heavy atom. The third-order valence-electron chi connectivity index (χ3n) is 2.81. The molecule has 0 aliphatic heterocycles. The van der Waals surface area contributed by atoms with Gasteiger partial charge in [0.25, 0.3) is 0 Å². The second-order valence-electron chi connectivity index (χ2n) is 4.41. The Labute approximate surface area is 117 Å². The van der Waals surface area contributed by atoms with E-state index in [0.717, 1.165) is 0 Å². The highest BCUT2D eigenvalue weighted by Gasteiger charge is 2.30. The Morgan fingerprint density at radius 1 is 1.20 bits per heavy atom. The van der Waals surface area contributed by atoms with Gasteiger partial charge >= 0.3 is 5.97 Å². The lowest BCUT2D eigenvalue weighted by atomic mass is 10.2. The van der Waals surface area contributed by atoms with Gasteiger partial charge in [-0.25, -0.2) is 17.9 Å². The number of sulfonamides is 1. The molecule has 0 bridgehead atoms. The summed E-state index contributed by atoms with van der Waals surface area (Å²) in [4.78, 5) is 10.8. The maximum absolute atomic E-state index is 12.1. The van der Waals surface area contributed by atoms with Gasteiger partial charge in [0, 0.05) is 13.2 Å². The van der Waals surface area contributed by atoms with Crippen molar-refractivity contribution < 1.29 is 27.8 Å². The van der Waals surface area contributed by atoms with Crippen molar-refractivity contribution in [3.05, 3.63) is 17.1 Å². The largest absolute Gasteiger partial charge is 0.478 e. The minimum Gasteiger partial charge on any atom is -0.478 e. The molecule has 1 heterocycles. The smallest absolute Gasteiger partial charge is 0.340 e. The third kappa shape index (κ3) is 3.81. The molecule has 0 saturated carbocycles. The first-order chi connectivity index (χ1) is 9.31. The molecule has 0 atom stereocenters. The summed E-state index contributed by atoms with van der Waals surface area (Å²) < 4.78 is 31.7. The Kier molecular flexibility index (Phi) is 5.73. The molecule has 1 aromatic rings. The zero-order valence-corrected chi connectivity index (χ0v) is 12.3. The minimum absolute atomic E-state index is 0.0581. The van der Waals surface area contributed by atoms with Crippen LogP contribution in [0, 0.1) is 13.8 Å². The number of aromatic carboxylic acids is 1. The van der Waals surface area contributed by atoms with E-state index in [1.54, 1.807) is 0 Å². The number of rotatable bonds is 8. The lowest BCUT2D eigenvalue weighted by Gasteiger charge is -2.06. The predicted molar refractivity (Wildman–Crippen MR) is 71.3 cm³/mol. The summed E-state index contributed by atoms with van der Waals surface area (Å²) >= 11 is 0. The second-order valence-corrected chi connectivity index (χ2v) is 6.11. The number of carbonyl (C=O) groups is 1. The maximum Gasteiger partial charge on any atom is 0.340 e. The number of nitrogens with one attached hydrogen (secondary N) is 1. The van der Waals surface area contributed by atoms with Crippen LogP contribution in [0.2, 0.25) is 0 Å². The van der Waals surface area contributed by atoms with E-state index in [9.17, 15) is 13.2 Å². The summed E-state index contributed by atoms with van der Waals surface area (Å²) in [5, 5.41) is 17.7. The molecule has 0 unspecified atom stereocenters. The average Bonchev–Trinajstić information content (AvgIpc) is 2.64. The number of aliphatic hydroxyl groups excluding tert-OH is 1. The van der Waals surface area contributed by atoms with Gasteiger partial charge in [-0.1, -0.05) is 0 Å². The van der Waals surface area contributed by atoms with Gasteiger partial charge in [-0.05, 0) is 33.1 Å². The molecule has 20 heavy (non-hydrogen) atoms. The topological polar surface area (TPSA) is 117 Å². The molecule has 0 aliphatic rings. The van der Waals surface area contributed by atoms with Crippen LogP contribution in [0.15, 0.2) is 9.31 Å². The number of aliphatic hydroxyl groups is 1. The van der Waals surface area contributed by atoms with E-state index in [-0.39, 0.29) is 35.1 Å². The van der Waals surface area contributed by atoms with Crippen LogP contribution in [-0.4, -0.2) is 37.8 Å². The van der Waals surface area contributed by atoms with Crippen LogP contribution >= 0.6 is 0 Å². The van der Waals surface area contributed by atoms with Crippen molar-refractivity contribution in [3.8, 4) is 0 Å². The predicted octanol–water partition coefficient (Wildman–Crippen LogP) is 1.04. The lowest BCUT2D eigenvalue weighted by molar-refractivity contribution is 0.0691. The number of furan rings is 1. The second kappa shape index (κ2) is 6.87. The van der Waals surface area contributed by atoms with Crippen LogP contribution in [0.4, 0.5) is 0 Å². The Balaban J connectivity index is 2.90. The van der Waals surface area contributed by atoms with Gasteiger partial charge in [0.15, 0.2) is 0 Å². The first-order valence-electron chi connectivity index (χ1n) is 6.25. The monoisotopic (exact) mass is 305 g/mol. The van der Waals surface area contributed by atoms with Crippen molar-refractivity contribution in [1.29, 1.82) is 0 Å². The van der Waals surface area contributed by atoms with Gasteiger partial charge in [0.05, 0.1) is 0 Å². The first kappa shape index (κ1) is 16.7. The first-order valence-corrected chi connectivity index (χ1v) is 7.73. The number of hydrogen-bond acceptors (Lipinski definition) is 5. The number of carboxylic acid groups (broad SMARTS) is 1. The molecule has 3 N–H and O–H groups in total. The molecule has 1 aromatic heterocycles. The number of carboxylic acids is 1. The summed E-state index contributed by atoms with van der Waals surface area (Å²) in [5.41, 5.74) is -0.328. The van der Waals surface area contributed by atoms with Gasteiger partial charge in [0.2, 0.25) is 10.0 Å². The van der Waals surface area contributed by atoms with Crippen molar-refractivity contribution in [2.75, 3.05) is 13.2 Å². The molecule has 0 fully saturated rings. The van der Waals surface area contributed by atoms with E-state index < -0.39 is 16.0 Å². The lowest BCUT2D eigenvalue weighted by Crippen LogP contribution is -2.26. The fraction of sp³-hybridized carbons (Fsp3) is 0.583. The van der Waals surface area contributed by atoms with E-state index in [1.165, 1.54) is 13.8 Å². The molecule has 0 amide bonds. The molecule has 7 nitrogen and oxygen atoms in total. The fourth-order valence-electron chi connectivity index (χ4n) is 1.93. The van der Waals surface area contributed by atoms with Crippen LogP contribution in [0.1, 0.15) is 41.1 Å². The summed E-state index contributed by atoms with van der Waals surface area (Å²) in [6.45, 7) is 3.08. The quantitative estimate of drug-likeness (QED) is 0.618. The molecule has 0 saturated heterocycles. The molecule has 0 aliphatic carbocycles. The molecule has 1 rings (SSSR count). The van der Waals surface area contributed by atoms with E-state index in [2.05, 4.69) is 4.72 Å². The van der Waals surface area contributed by atoms with Gasteiger partial charge < -0.3 is 14.6 Å². The van der Waals surface area contributed by atoms with Gasteiger partial charge in [-0.3, -0.25) is 0 Å². The van der Waals surface area contributed by atoms with Crippen molar-refractivity contribution in [3.63, 3.8) is 0 Å². The van der Waals surface area contributed by atoms with Crippen LogP contribution in [-0.2, 0) is 10.0 Å². The minimum atomic E-state index is -3.92. The average molecular weight is 305 g/mol. The van der Waals surface area contributed by atoms with Crippen molar-refractivity contribution in [1.82, 2.24) is 4.72 Å². The van der Waals surface area contributed by atoms with E-state index in [1.807, 2.05) is 0 Å². The van der Waals surface area contributed by atoms with Crippen molar-refractivity contribution in [2.45, 2.75) is 38.0 Å². The van der Waals surface area contributed by atoms with Crippen LogP contribution in [0.3, 0.4) is 0 Å². The summed E-state index contributed by atoms with van der Waals surface area (Å²) in [6, 6.07) is 0. The van der Waals surface area contributed by atoms with Gasteiger partial charge in [-0.2, -0.15) is 0 Å². The highest BCUT2D eigenvalue weighted by molar-refractivity contribution is 7.89. The standard InChI is InChI=1S/C12H19NO6S/c1-8-10(12(15)16)11(9(2)19-8)20(17,18)13-6-4-3-5-7-14/h13-14H,3-7H2,1-2H3,(H,15,16). The Hall–Kier alpha value is -1.38. The highest BCUT2D eigenvalue weighted by atomic mass is 32.2. The Morgan fingerprint density at radius 3 is 2.40 bits per heavy atom. The zero-order valence-electron chi connectivity index (χ0n) is 11.5. The molecule has 0 aromatic carbocycles. The normalized spacial score (nSPS) is 11.8. The molecular weight excluding hydrogens is 286 g/mol. The number of hydrogen-bond donors (Lipinski definition) is 3. The maximum atomic E-state index is 12.1. The van der Waals surface area contributed by atoms with E-state index in [0.29, 0.717) is 19.3 Å². The highest BCUT2D eigenvalue weighted by Crippen LogP contribution is 2.26. The molecule has 114 valence electrons. The molecule has 0 spiro atoms. The third-order valence-corrected chi connectivity index (χ3v) is 4.43. The summed E-state index contributed by atoms with van der Waals surface area (Å²) in [7, 11) is -3.92. The fourth-order valence-corrected chi connectivity index (χ4v) is 3.40. The zero-order chi connectivity index (χ0) is 15.3.